The maximum Gasteiger partial charge on any atom is 0.316 e. The number of halogens is 1. The van der Waals surface area contributed by atoms with Crippen molar-refractivity contribution in [1.29, 1.82) is 0 Å². The lowest BCUT2D eigenvalue weighted by Gasteiger charge is -2.07. The van der Waals surface area contributed by atoms with Crippen LogP contribution < -0.4 is 9.46 Å². The van der Waals surface area contributed by atoms with Crippen LogP contribution in [0.3, 0.4) is 0 Å². The third kappa shape index (κ3) is 3.33. The topological polar surface area (TPSA) is 81.2 Å². The molecule has 0 aliphatic heterocycles. The Morgan fingerprint density at radius 1 is 1.16 bits per heavy atom. The van der Waals surface area contributed by atoms with Gasteiger partial charge in [0.2, 0.25) is 0 Å². The second kappa shape index (κ2) is 5.41. The van der Waals surface area contributed by atoms with E-state index in [-0.39, 0.29) is 16.6 Å². The molecule has 1 aromatic heterocycles. The summed E-state index contributed by atoms with van der Waals surface area (Å²) in [5.74, 6) is 0. The molecule has 1 N–H and O–H groups in total. The van der Waals surface area contributed by atoms with Crippen molar-refractivity contribution in [3.63, 3.8) is 0 Å². The number of methoxy groups -OCH3 is 1. The predicted octanol–water partition coefficient (Wildman–Crippen LogP) is 1.94. The molecule has 0 radical (unpaired) electrons. The number of nitrogens with one attached hydrogen (secondary N) is 1. The summed E-state index contributed by atoms with van der Waals surface area (Å²) in [5.41, 5.74) is 0.246. The van der Waals surface area contributed by atoms with Crippen molar-refractivity contribution in [2.75, 3.05) is 11.8 Å². The Balaban J connectivity index is 2.23. The number of nitrogens with zero attached hydrogens (tertiary/aromatic N) is 2. The van der Waals surface area contributed by atoms with E-state index in [0.717, 1.165) is 0 Å². The Hall–Kier alpha value is -1.86. The van der Waals surface area contributed by atoms with Crippen LogP contribution in [0.5, 0.6) is 6.01 Å². The molecule has 0 amide bonds. The van der Waals surface area contributed by atoms with Crippen LogP contribution in [0.1, 0.15) is 0 Å². The standard InChI is InChI=1S/C11H10ClN3O3S/c1-18-11-13-6-9(7-14-11)15-19(16,17)10-4-2-8(12)3-5-10/h2-7,15H,1H3. The summed E-state index contributed by atoms with van der Waals surface area (Å²) >= 11 is 5.71. The van der Waals surface area contributed by atoms with Gasteiger partial charge in [0.05, 0.1) is 30.1 Å². The highest BCUT2D eigenvalue weighted by Gasteiger charge is 2.14. The van der Waals surface area contributed by atoms with Crippen molar-refractivity contribution in [1.82, 2.24) is 9.97 Å². The lowest BCUT2D eigenvalue weighted by molar-refractivity contribution is 0.380. The first-order valence-corrected chi connectivity index (χ1v) is 7.02. The fourth-order valence-electron chi connectivity index (χ4n) is 1.30. The van der Waals surface area contributed by atoms with E-state index in [4.69, 9.17) is 16.3 Å². The number of anilines is 1. The van der Waals surface area contributed by atoms with Gasteiger partial charge in [0.25, 0.3) is 10.0 Å². The van der Waals surface area contributed by atoms with Gasteiger partial charge in [-0.25, -0.2) is 18.4 Å². The van der Waals surface area contributed by atoms with Gasteiger partial charge in [-0.2, -0.15) is 0 Å². The number of hydrogen-bond acceptors (Lipinski definition) is 5. The van der Waals surface area contributed by atoms with E-state index >= 15 is 0 Å². The van der Waals surface area contributed by atoms with Crippen LogP contribution in [0.15, 0.2) is 41.6 Å². The third-order valence-corrected chi connectivity index (χ3v) is 3.84. The molecular weight excluding hydrogens is 290 g/mol. The zero-order chi connectivity index (χ0) is 13.9. The van der Waals surface area contributed by atoms with Gasteiger partial charge in [-0.15, -0.1) is 0 Å². The number of ether oxygens (including phenoxy) is 1. The predicted molar refractivity (Wildman–Crippen MR) is 70.8 cm³/mol. The van der Waals surface area contributed by atoms with Crippen LogP contribution in [-0.2, 0) is 10.0 Å². The maximum atomic E-state index is 12.0. The molecule has 0 fully saturated rings. The summed E-state index contributed by atoms with van der Waals surface area (Å²) in [6, 6.07) is 5.99. The molecule has 2 aromatic rings. The molecule has 0 unspecified atom stereocenters. The Kier molecular flexibility index (Phi) is 3.87. The highest BCUT2D eigenvalue weighted by molar-refractivity contribution is 7.92. The van der Waals surface area contributed by atoms with Crippen LogP contribution in [0.25, 0.3) is 0 Å². The van der Waals surface area contributed by atoms with E-state index < -0.39 is 10.0 Å². The number of aromatic nitrogens is 2. The Labute approximate surface area is 115 Å². The van der Waals surface area contributed by atoms with Crippen LogP contribution >= 0.6 is 11.6 Å². The van der Waals surface area contributed by atoms with E-state index in [2.05, 4.69) is 14.7 Å². The van der Waals surface area contributed by atoms with Gasteiger partial charge in [0.1, 0.15) is 0 Å². The maximum absolute atomic E-state index is 12.0. The van der Waals surface area contributed by atoms with E-state index in [9.17, 15) is 8.42 Å². The van der Waals surface area contributed by atoms with Crippen molar-refractivity contribution >= 4 is 27.3 Å². The molecule has 2 rings (SSSR count). The van der Waals surface area contributed by atoms with Gasteiger partial charge in [-0.05, 0) is 24.3 Å². The van der Waals surface area contributed by atoms with Crippen LogP contribution in [-0.4, -0.2) is 25.5 Å². The molecule has 6 nitrogen and oxygen atoms in total. The molecule has 0 spiro atoms. The Bertz CT molecular complexity index is 657. The van der Waals surface area contributed by atoms with Crippen molar-refractivity contribution in [2.45, 2.75) is 4.90 Å². The summed E-state index contributed by atoms with van der Waals surface area (Å²) in [7, 11) is -2.26. The monoisotopic (exact) mass is 299 g/mol. The second-order valence-corrected chi connectivity index (χ2v) is 5.64. The average molecular weight is 300 g/mol. The summed E-state index contributed by atoms with van der Waals surface area (Å²) in [6.45, 7) is 0. The van der Waals surface area contributed by atoms with Gasteiger partial charge < -0.3 is 4.74 Å². The Morgan fingerprint density at radius 3 is 2.26 bits per heavy atom. The average Bonchev–Trinajstić information content (AvgIpc) is 2.40. The summed E-state index contributed by atoms with van der Waals surface area (Å²) in [5, 5.41) is 0.465. The lowest BCUT2D eigenvalue weighted by Crippen LogP contribution is -2.13. The summed E-state index contributed by atoms with van der Waals surface area (Å²) < 4.78 is 31.2. The molecule has 0 aliphatic rings. The molecule has 1 heterocycles. The zero-order valence-electron chi connectivity index (χ0n) is 9.87. The normalized spacial score (nSPS) is 11.1. The minimum atomic E-state index is -3.68. The zero-order valence-corrected chi connectivity index (χ0v) is 11.4. The second-order valence-electron chi connectivity index (χ2n) is 3.52. The third-order valence-electron chi connectivity index (χ3n) is 2.19. The first kappa shape index (κ1) is 13.6. The van der Waals surface area contributed by atoms with Crippen LogP contribution in [0.2, 0.25) is 5.02 Å². The van der Waals surface area contributed by atoms with Gasteiger partial charge in [-0.1, -0.05) is 11.6 Å². The van der Waals surface area contributed by atoms with E-state index in [1.165, 1.54) is 43.8 Å². The highest BCUT2D eigenvalue weighted by atomic mass is 35.5. The molecule has 0 aliphatic carbocycles. The molecule has 0 bridgehead atoms. The van der Waals surface area contributed by atoms with Gasteiger partial charge in [0.15, 0.2) is 0 Å². The number of hydrogen-bond donors (Lipinski definition) is 1. The number of benzene rings is 1. The van der Waals surface area contributed by atoms with Crippen LogP contribution in [0.4, 0.5) is 5.69 Å². The number of rotatable bonds is 4. The van der Waals surface area contributed by atoms with Crippen molar-refractivity contribution in [3.8, 4) is 6.01 Å². The Morgan fingerprint density at radius 2 is 1.74 bits per heavy atom. The summed E-state index contributed by atoms with van der Waals surface area (Å²) in [4.78, 5) is 7.72. The van der Waals surface area contributed by atoms with Gasteiger partial charge >= 0.3 is 6.01 Å². The minimum absolute atomic E-state index is 0.104. The molecule has 19 heavy (non-hydrogen) atoms. The molecule has 0 atom stereocenters. The van der Waals surface area contributed by atoms with Crippen molar-refractivity contribution < 1.29 is 13.2 Å². The van der Waals surface area contributed by atoms with Crippen molar-refractivity contribution in [3.05, 3.63) is 41.7 Å². The molecule has 8 heteroatoms. The first-order valence-electron chi connectivity index (χ1n) is 5.16. The molecule has 100 valence electrons. The molecule has 0 saturated carbocycles. The number of sulfonamides is 1. The van der Waals surface area contributed by atoms with Crippen molar-refractivity contribution in [2.24, 2.45) is 0 Å². The first-order chi connectivity index (χ1) is 9.01. The van der Waals surface area contributed by atoms with Gasteiger partial charge in [-0.3, -0.25) is 4.72 Å². The minimum Gasteiger partial charge on any atom is -0.467 e. The van der Waals surface area contributed by atoms with E-state index in [1.54, 1.807) is 0 Å². The van der Waals surface area contributed by atoms with E-state index in [1.807, 2.05) is 0 Å². The van der Waals surface area contributed by atoms with Crippen LogP contribution in [0, 0.1) is 0 Å². The largest absolute Gasteiger partial charge is 0.467 e. The molecule has 0 saturated heterocycles. The summed E-state index contributed by atoms with van der Waals surface area (Å²) in [6.07, 6.45) is 2.64. The fourth-order valence-corrected chi connectivity index (χ4v) is 2.46. The quantitative estimate of drug-likeness (QED) is 0.933. The van der Waals surface area contributed by atoms with Gasteiger partial charge in [0, 0.05) is 5.02 Å². The SMILES string of the molecule is COc1ncc(NS(=O)(=O)c2ccc(Cl)cc2)cn1. The lowest BCUT2D eigenvalue weighted by atomic mass is 10.4. The fraction of sp³-hybridized carbons (Fsp3) is 0.0909. The molecule has 1 aromatic carbocycles. The van der Waals surface area contributed by atoms with E-state index in [0.29, 0.717) is 5.02 Å². The molecular formula is C11H10ClN3O3S. The highest BCUT2D eigenvalue weighted by Crippen LogP contribution is 2.17. The smallest absolute Gasteiger partial charge is 0.316 e.